The van der Waals surface area contributed by atoms with E-state index in [1.807, 2.05) is 43.0 Å². The lowest BCUT2D eigenvalue weighted by molar-refractivity contribution is -0.117. The van der Waals surface area contributed by atoms with Crippen molar-refractivity contribution < 1.29 is 13.2 Å². The van der Waals surface area contributed by atoms with Crippen LogP contribution in [-0.2, 0) is 27.7 Å². The van der Waals surface area contributed by atoms with Gasteiger partial charge in [-0.3, -0.25) is 9.10 Å². The number of amides is 1. The summed E-state index contributed by atoms with van der Waals surface area (Å²) in [4.78, 5) is 14.3. The zero-order valence-corrected chi connectivity index (χ0v) is 15.8. The molecule has 6 heteroatoms. The molecular weight excluding hydrogens is 348 g/mol. The van der Waals surface area contributed by atoms with E-state index in [4.69, 9.17) is 0 Å². The van der Waals surface area contributed by atoms with Crippen molar-refractivity contribution in [3.8, 4) is 0 Å². The number of carbonyl (C=O) groups is 1. The smallest absolute Gasteiger partial charge is 0.264 e. The van der Waals surface area contributed by atoms with Crippen LogP contribution in [0.25, 0.3) is 0 Å². The minimum atomic E-state index is -3.69. The van der Waals surface area contributed by atoms with Gasteiger partial charge in [-0.2, -0.15) is 0 Å². The first-order chi connectivity index (χ1) is 12.4. The molecule has 2 aromatic rings. The second kappa shape index (κ2) is 6.13. The van der Waals surface area contributed by atoms with Crippen molar-refractivity contribution in [2.24, 2.45) is 0 Å². The topological polar surface area (TPSA) is 57.7 Å². The highest BCUT2D eigenvalue weighted by Gasteiger charge is 2.35. The van der Waals surface area contributed by atoms with E-state index in [0.29, 0.717) is 18.7 Å². The highest BCUT2D eigenvalue weighted by atomic mass is 32.2. The average molecular weight is 370 g/mol. The SMILES string of the molecule is CCN(c1ccccc1C)S(=O)(=O)c1cc2c3c(c1)CC(=O)N3CCC2. The van der Waals surface area contributed by atoms with Crippen LogP contribution in [0.5, 0.6) is 0 Å². The molecule has 0 unspecified atom stereocenters. The van der Waals surface area contributed by atoms with Crippen LogP contribution >= 0.6 is 0 Å². The molecule has 0 atom stereocenters. The van der Waals surface area contributed by atoms with Crippen molar-refractivity contribution in [3.05, 3.63) is 53.1 Å². The minimum Gasteiger partial charge on any atom is -0.312 e. The number of aryl methyl sites for hydroxylation is 2. The van der Waals surface area contributed by atoms with E-state index < -0.39 is 10.0 Å². The molecule has 0 spiro atoms. The number of sulfonamides is 1. The van der Waals surface area contributed by atoms with E-state index in [9.17, 15) is 13.2 Å². The van der Waals surface area contributed by atoms with Gasteiger partial charge in [-0.15, -0.1) is 0 Å². The van der Waals surface area contributed by atoms with Gasteiger partial charge >= 0.3 is 0 Å². The van der Waals surface area contributed by atoms with E-state index in [0.717, 1.165) is 41.8 Å². The number of nitrogens with zero attached hydrogens (tertiary/aromatic N) is 2. The molecule has 2 aromatic carbocycles. The Bertz CT molecular complexity index is 998. The van der Waals surface area contributed by atoms with E-state index in [2.05, 4.69) is 0 Å². The second-order valence-electron chi connectivity index (χ2n) is 6.87. The Kier molecular flexibility index (Phi) is 4.03. The number of carbonyl (C=O) groups excluding carboxylic acids is 1. The Balaban J connectivity index is 1.84. The molecule has 1 amide bonds. The van der Waals surface area contributed by atoms with Crippen LogP contribution in [0.1, 0.15) is 30.0 Å². The summed E-state index contributed by atoms with van der Waals surface area (Å²) in [6.07, 6.45) is 1.98. The molecule has 0 aliphatic carbocycles. The predicted octanol–water partition coefficient (Wildman–Crippen LogP) is 3.05. The van der Waals surface area contributed by atoms with Crippen LogP contribution in [-0.4, -0.2) is 27.4 Å². The van der Waals surface area contributed by atoms with Gasteiger partial charge in [-0.05, 0) is 61.6 Å². The quantitative estimate of drug-likeness (QED) is 0.831. The number of hydrogen-bond acceptors (Lipinski definition) is 3. The Morgan fingerprint density at radius 1 is 1.15 bits per heavy atom. The molecular formula is C20H22N2O3S. The van der Waals surface area contributed by atoms with Crippen molar-refractivity contribution in [2.45, 2.75) is 38.0 Å². The summed E-state index contributed by atoms with van der Waals surface area (Å²) in [5.74, 6) is 0.0711. The Labute approximate surface area is 154 Å². The van der Waals surface area contributed by atoms with Crippen molar-refractivity contribution >= 4 is 27.3 Å². The lowest BCUT2D eigenvalue weighted by Crippen LogP contribution is -2.32. The van der Waals surface area contributed by atoms with Crippen molar-refractivity contribution in [3.63, 3.8) is 0 Å². The van der Waals surface area contributed by atoms with Crippen LogP contribution in [0.4, 0.5) is 11.4 Å². The Morgan fingerprint density at radius 2 is 1.88 bits per heavy atom. The molecule has 2 heterocycles. The van der Waals surface area contributed by atoms with Gasteiger partial charge in [-0.25, -0.2) is 8.42 Å². The Morgan fingerprint density at radius 3 is 2.62 bits per heavy atom. The monoisotopic (exact) mass is 370 g/mol. The molecule has 26 heavy (non-hydrogen) atoms. The van der Waals surface area contributed by atoms with Crippen LogP contribution in [0.3, 0.4) is 0 Å². The number of rotatable bonds is 4. The van der Waals surface area contributed by atoms with Gasteiger partial charge in [0.15, 0.2) is 0 Å². The van der Waals surface area contributed by atoms with Crippen molar-refractivity contribution in [2.75, 3.05) is 22.3 Å². The molecule has 136 valence electrons. The summed E-state index contributed by atoms with van der Waals surface area (Å²) in [5, 5.41) is 0. The highest BCUT2D eigenvalue weighted by molar-refractivity contribution is 7.92. The zero-order valence-electron chi connectivity index (χ0n) is 15.0. The standard InChI is InChI=1S/C20H22N2O3S/c1-3-22(18-9-5-4-7-14(18)2)26(24,25)17-11-15-8-6-10-21-19(23)13-16(12-17)20(15)21/h4-5,7,9,11-12H,3,6,8,10,13H2,1-2H3. The summed E-state index contributed by atoms with van der Waals surface area (Å²) in [7, 11) is -3.69. The number of anilines is 2. The molecule has 0 saturated heterocycles. The largest absolute Gasteiger partial charge is 0.312 e. The molecule has 0 saturated carbocycles. The second-order valence-corrected chi connectivity index (χ2v) is 8.73. The van der Waals surface area contributed by atoms with Crippen LogP contribution in [0, 0.1) is 6.92 Å². The molecule has 4 rings (SSSR count). The van der Waals surface area contributed by atoms with Gasteiger partial charge in [0.05, 0.1) is 22.7 Å². The number of benzene rings is 2. The lowest BCUT2D eigenvalue weighted by atomic mass is 10.0. The van der Waals surface area contributed by atoms with Gasteiger partial charge in [-0.1, -0.05) is 18.2 Å². The first-order valence-corrected chi connectivity index (χ1v) is 10.4. The number of hydrogen-bond donors (Lipinski definition) is 0. The van der Waals surface area contributed by atoms with Gasteiger partial charge in [0.2, 0.25) is 5.91 Å². The van der Waals surface area contributed by atoms with Gasteiger partial charge < -0.3 is 4.90 Å². The maximum Gasteiger partial charge on any atom is 0.264 e. The summed E-state index contributed by atoms with van der Waals surface area (Å²) in [6.45, 7) is 4.84. The van der Waals surface area contributed by atoms with Crippen LogP contribution in [0.2, 0.25) is 0 Å². The van der Waals surface area contributed by atoms with E-state index in [1.54, 1.807) is 12.1 Å². The number of para-hydroxylation sites is 1. The van der Waals surface area contributed by atoms with E-state index in [-0.39, 0.29) is 10.8 Å². The summed E-state index contributed by atoms with van der Waals surface area (Å²) < 4.78 is 28.2. The molecule has 0 aromatic heterocycles. The third kappa shape index (κ3) is 2.51. The Hall–Kier alpha value is -2.34. The van der Waals surface area contributed by atoms with E-state index >= 15 is 0 Å². The predicted molar refractivity (Wildman–Crippen MR) is 102 cm³/mol. The third-order valence-corrected chi connectivity index (χ3v) is 7.11. The lowest BCUT2D eigenvalue weighted by Gasteiger charge is -2.28. The van der Waals surface area contributed by atoms with Gasteiger partial charge in [0.1, 0.15) is 0 Å². The molecule has 2 aliphatic heterocycles. The maximum atomic E-state index is 13.4. The molecule has 2 aliphatic rings. The fourth-order valence-electron chi connectivity index (χ4n) is 4.04. The van der Waals surface area contributed by atoms with Crippen molar-refractivity contribution in [1.29, 1.82) is 0 Å². The summed E-state index contributed by atoms with van der Waals surface area (Å²) in [6, 6.07) is 11.0. The highest BCUT2D eigenvalue weighted by Crippen LogP contribution is 2.39. The summed E-state index contributed by atoms with van der Waals surface area (Å²) in [5.41, 5.74) is 4.37. The first kappa shape index (κ1) is 17.1. The fourth-order valence-corrected chi connectivity index (χ4v) is 5.68. The van der Waals surface area contributed by atoms with E-state index in [1.165, 1.54) is 4.31 Å². The van der Waals surface area contributed by atoms with Crippen LogP contribution in [0.15, 0.2) is 41.3 Å². The van der Waals surface area contributed by atoms with Crippen LogP contribution < -0.4 is 9.21 Å². The van der Waals surface area contributed by atoms with Gasteiger partial charge in [0, 0.05) is 13.1 Å². The molecule has 0 radical (unpaired) electrons. The summed E-state index contributed by atoms with van der Waals surface area (Å²) >= 11 is 0. The van der Waals surface area contributed by atoms with Gasteiger partial charge in [0.25, 0.3) is 10.0 Å². The average Bonchev–Trinajstić information content (AvgIpc) is 2.94. The molecule has 5 nitrogen and oxygen atoms in total. The molecule has 0 bridgehead atoms. The fraction of sp³-hybridized carbons (Fsp3) is 0.350. The van der Waals surface area contributed by atoms with Crippen molar-refractivity contribution in [1.82, 2.24) is 0 Å². The minimum absolute atomic E-state index is 0.0711. The molecule has 0 N–H and O–H groups in total. The third-order valence-electron chi connectivity index (χ3n) is 5.24. The first-order valence-electron chi connectivity index (χ1n) is 8.98. The molecule has 0 fully saturated rings. The zero-order chi connectivity index (χ0) is 18.5. The normalized spacial score (nSPS) is 15.9. The maximum absolute atomic E-state index is 13.4.